The van der Waals surface area contributed by atoms with Gasteiger partial charge in [-0.1, -0.05) is 32.9 Å². The molecule has 2 saturated heterocycles. The van der Waals surface area contributed by atoms with Crippen LogP contribution in [0.1, 0.15) is 20.8 Å². The van der Waals surface area contributed by atoms with Crippen LogP contribution in [-0.2, 0) is 20.9 Å². The predicted molar refractivity (Wildman–Crippen MR) is 99.6 cm³/mol. The molecule has 2 fully saturated rings. The highest BCUT2D eigenvalue weighted by atomic mass is 16.5. The number of nitrogens with zero attached hydrogens (tertiary/aromatic N) is 4. The summed E-state index contributed by atoms with van der Waals surface area (Å²) >= 11 is 0. The van der Waals surface area contributed by atoms with E-state index in [1.165, 1.54) is 0 Å². The molecule has 0 radical (unpaired) electrons. The van der Waals surface area contributed by atoms with Crippen molar-refractivity contribution in [2.24, 2.45) is 17.3 Å². The fourth-order valence-electron chi connectivity index (χ4n) is 4.62. The van der Waals surface area contributed by atoms with Crippen molar-refractivity contribution in [1.29, 1.82) is 0 Å². The summed E-state index contributed by atoms with van der Waals surface area (Å²) in [6, 6.07) is 1.86. The third-order valence-corrected chi connectivity index (χ3v) is 5.73. The van der Waals surface area contributed by atoms with Crippen LogP contribution in [0.4, 0.5) is 0 Å². The fourth-order valence-corrected chi connectivity index (χ4v) is 4.62. The molecule has 1 spiro atoms. The Hall–Kier alpha value is -2.15. The van der Waals surface area contributed by atoms with E-state index < -0.39 is 17.4 Å². The van der Waals surface area contributed by atoms with Crippen molar-refractivity contribution in [3.8, 4) is 0 Å². The summed E-state index contributed by atoms with van der Waals surface area (Å²) in [6.45, 7) is 8.74. The van der Waals surface area contributed by atoms with Gasteiger partial charge in [0.2, 0.25) is 11.8 Å². The maximum Gasteiger partial charge on any atom is 0.230 e. The Bertz CT molecular complexity index is 767. The van der Waals surface area contributed by atoms with Crippen LogP contribution >= 0.6 is 0 Å². The van der Waals surface area contributed by atoms with Gasteiger partial charge in [0.15, 0.2) is 0 Å². The lowest BCUT2D eigenvalue weighted by atomic mass is 9.76. The Kier molecular flexibility index (Phi) is 4.18. The Morgan fingerprint density at radius 2 is 2.22 bits per heavy atom. The first-order chi connectivity index (χ1) is 12.7. The van der Waals surface area contributed by atoms with Gasteiger partial charge in [0, 0.05) is 32.5 Å². The van der Waals surface area contributed by atoms with E-state index in [9.17, 15) is 9.59 Å². The summed E-state index contributed by atoms with van der Waals surface area (Å²) in [5, 5.41) is 4.17. The molecule has 0 aromatic carbocycles. The van der Waals surface area contributed by atoms with Gasteiger partial charge in [-0.05, 0) is 11.5 Å². The zero-order chi connectivity index (χ0) is 19.4. The zero-order valence-electron chi connectivity index (χ0n) is 16.5. The summed E-state index contributed by atoms with van der Waals surface area (Å²) < 4.78 is 7.99. The molecule has 4 heterocycles. The quantitative estimate of drug-likeness (QED) is 0.728. The van der Waals surface area contributed by atoms with Crippen molar-refractivity contribution in [2.45, 2.75) is 39.0 Å². The van der Waals surface area contributed by atoms with Gasteiger partial charge in [-0.3, -0.25) is 14.3 Å². The van der Waals surface area contributed by atoms with Gasteiger partial charge in [-0.15, -0.1) is 0 Å². The molecular weight excluding hydrogens is 344 g/mol. The van der Waals surface area contributed by atoms with Crippen LogP contribution in [0.25, 0.3) is 0 Å². The second-order valence-corrected chi connectivity index (χ2v) is 9.18. The van der Waals surface area contributed by atoms with Crippen LogP contribution in [-0.4, -0.2) is 69.8 Å². The monoisotopic (exact) mass is 372 g/mol. The molecule has 3 aliphatic heterocycles. The van der Waals surface area contributed by atoms with Crippen molar-refractivity contribution in [2.75, 3.05) is 26.7 Å². The minimum Gasteiger partial charge on any atom is -0.360 e. The number of rotatable bonds is 5. The van der Waals surface area contributed by atoms with E-state index in [1.54, 1.807) is 22.8 Å². The van der Waals surface area contributed by atoms with Crippen LogP contribution < -0.4 is 0 Å². The predicted octanol–water partition coefficient (Wildman–Crippen LogP) is 1.17. The largest absolute Gasteiger partial charge is 0.360 e. The number of hydrogen-bond donors (Lipinski definition) is 0. The van der Waals surface area contributed by atoms with Crippen molar-refractivity contribution in [3.05, 3.63) is 30.6 Å². The van der Waals surface area contributed by atoms with Crippen molar-refractivity contribution >= 4 is 11.8 Å². The van der Waals surface area contributed by atoms with Gasteiger partial charge in [-0.2, -0.15) is 5.10 Å². The molecule has 2 unspecified atom stereocenters. The normalized spacial score (nSPS) is 31.6. The summed E-state index contributed by atoms with van der Waals surface area (Å²) in [4.78, 5) is 29.9. The molecule has 0 aliphatic carbocycles. The second-order valence-electron chi connectivity index (χ2n) is 9.18. The van der Waals surface area contributed by atoms with Crippen molar-refractivity contribution < 1.29 is 14.3 Å². The van der Waals surface area contributed by atoms with Gasteiger partial charge >= 0.3 is 0 Å². The maximum absolute atomic E-state index is 13.2. The number of ether oxygens (including phenoxy) is 1. The molecule has 4 rings (SSSR count). The summed E-state index contributed by atoms with van der Waals surface area (Å²) in [7, 11) is 1.79. The average Bonchev–Trinajstić information content (AvgIpc) is 3.33. The number of aromatic nitrogens is 2. The molecule has 3 aliphatic rings. The minimum absolute atomic E-state index is 0.00666. The number of likely N-dealkylation sites (N-methyl/N-ethyl adjacent to an activating group) is 1. The van der Waals surface area contributed by atoms with Crippen LogP contribution in [0.3, 0.4) is 0 Å². The highest BCUT2D eigenvalue weighted by Gasteiger charge is 2.67. The van der Waals surface area contributed by atoms with E-state index in [4.69, 9.17) is 4.74 Å². The van der Waals surface area contributed by atoms with E-state index in [2.05, 4.69) is 25.9 Å². The lowest BCUT2D eigenvalue weighted by Gasteiger charge is -2.29. The van der Waals surface area contributed by atoms with E-state index >= 15 is 0 Å². The first-order valence-corrected chi connectivity index (χ1v) is 9.59. The summed E-state index contributed by atoms with van der Waals surface area (Å²) in [5.74, 6) is -0.811. The van der Waals surface area contributed by atoms with Crippen molar-refractivity contribution in [3.63, 3.8) is 0 Å². The number of amides is 2. The van der Waals surface area contributed by atoms with Crippen LogP contribution in [0.15, 0.2) is 30.6 Å². The smallest absolute Gasteiger partial charge is 0.230 e. The second kappa shape index (κ2) is 6.19. The first kappa shape index (κ1) is 18.2. The van der Waals surface area contributed by atoms with Crippen molar-refractivity contribution in [1.82, 2.24) is 19.6 Å². The molecule has 7 nitrogen and oxygen atoms in total. The van der Waals surface area contributed by atoms with E-state index in [0.717, 1.165) is 0 Å². The average molecular weight is 372 g/mol. The lowest BCUT2D eigenvalue weighted by Crippen LogP contribution is -2.45. The van der Waals surface area contributed by atoms with E-state index in [1.807, 2.05) is 29.3 Å². The SMILES string of the molecule is CN(CCn1cccn1)C(=O)C1C2C(=O)N(CC(C)(C)C)C[C@]23C=C[C@H]1O3. The van der Waals surface area contributed by atoms with Gasteiger partial charge in [0.1, 0.15) is 5.60 Å². The molecule has 0 N–H and O–H groups in total. The third-order valence-electron chi connectivity index (χ3n) is 5.73. The Labute approximate surface area is 159 Å². The molecule has 4 atom stereocenters. The highest BCUT2D eigenvalue weighted by Crippen LogP contribution is 2.52. The Morgan fingerprint density at radius 3 is 2.89 bits per heavy atom. The molecule has 27 heavy (non-hydrogen) atoms. The summed E-state index contributed by atoms with van der Waals surface area (Å²) in [5.41, 5.74) is -0.622. The number of fused-ring (bicyclic) bond motifs is 1. The van der Waals surface area contributed by atoms with Crippen LogP contribution in [0.5, 0.6) is 0 Å². The number of carbonyl (C=O) groups is 2. The number of likely N-dealkylation sites (tertiary alicyclic amines) is 1. The van der Waals surface area contributed by atoms with Gasteiger partial charge in [-0.25, -0.2) is 0 Å². The molecule has 7 heteroatoms. The van der Waals surface area contributed by atoms with Gasteiger partial charge in [0.25, 0.3) is 0 Å². The summed E-state index contributed by atoms with van der Waals surface area (Å²) in [6.07, 6.45) is 7.28. The van der Waals surface area contributed by atoms with Crippen LogP contribution in [0, 0.1) is 17.3 Å². The highest BCUT2D eigenvalue weighted by molar-refractivity contribution is 5.93. The fraction of sp³-hybridized carbons (Fsp3) is 0.650. The Balaban J connectivity index is 1.49. The molecule has 2 amide bonds. The van der Waals surface area contributed by atoms with Gasteiger partial charge in [0.05, 0.1) is 31.0 Å². The molecule has 0 saturated carbocycles. The molecule has 146 valence electrons. The lowest BCUT2D eigenvalue weighted by molar-refractivity contribution is -0.142. The number of carbonyl (C=O) groups excluding carboxylic acids is 2. The van der Waals surface area contributed by atoms with Gasteiger partial charge < -0.3 is 14.5 Å². The van der Waals surface area contributed by atoms with E-state index in [0.29, 0.717) is 26.2 Å². The molecule has 2 bridgehead atoms. The Morgan fingerprint density at radius 1 is 1.44 bits per heavy atom. The topological polar surface area (TPSA) is 67.7 Å². The maximum atomic E-state index is 13.2. The van der Waals surface area contributed by atoms with Crippen LogP contribution in [0.2, 0.25) is 0 Å². The first-order valence-electron chi connectivity index (χ1n) is 9.59. The zero-order valence-corrected chi connectivity index (χ0v) is 16.5. The number of hydrogen-bond acceptors (Lipinski definition) is 4. The third kappa shape index (κ3) is 3.08. The molecular formula is C20H28N4O3. The molecule has 1 aromatic rings. The standard InChI is InChI=1S/C20H28N4O3/c1-19(2,3)12-23-13-20-7-6-14(27-20)15(16(20)18(23)26)17(25)22(4)10-11-24-9-5-8-21-24/h5-9,14-16H,10-13H2,1-4H3/t14-,15?,16?,20-/m1/s1. The molecule has 1 aromatic heterocycles. The minimum atomic E-state index is -0.629. The van der Waals surface area contributed by atoms with E-state index in [-0.39, 0.29) is 23.3 Å².